The van der Waals surface area contributed by atoms with Crippen LogP contribution in [0.5, 0.6) is 0 Å². The molecule has 0 aromatic heterocycles. The van der Waals surface area contributed by atoms with E-state index in [-0.39, 0.29) is 12.1 Å². The van der Waals surface area contributed by atoms with Crippen molar-refractivity contribution in [3.63, 3.8) is 0 Å². The first-order chi connectivity index (χ1) is 6.91. The van der Waals surface area contributed by atoms with E-state index in [4.69, 9.17) is 5.11 Å². The minimum Gasteiger partial charge on any atom is -0.480 e. The Hall–Kier alpha value is -0.660. The number of carboxylic acids is 1. The molecule has 1 aliphatic rings. The molecule has 2 unspecified atom stereocenters. The smallest absolute Gasteiger partial charge is 0.320 e. The van der Waals surface area contributed by atoms with Gasteiger partial charge in [-0.25, -0.2) is 13.1 Å². The zero-order valence-electron chi connectivity index (χ0n) is 8.56. The van der Waals surface area contributed by atoms with Gasteiger partial charge in [0.25, 0.3) is 0 Å². The monoisotopic (exact) mass is 236 g/mol. The number of rotatable bonds is 4. The van der Waals surface area contributed by atoms with E-state index in [0.29, 0.717) is 0 Å². The Labute approximate surface area is 89.1 Å². The average Bonchev–Trinajstić information content (AvgIpc) is 2.06. The summed E-state index contributed by atoms with van der Waals surface area (Å²) in [5.41, 5.74) is 0. The van der Waals surface area contributed by atoms with Gasteiger partial charge in [-0.05, 0) is 26.3 Å². The molecule has 7 heteroatoms. The SMILES string of the molecule is CC1NCCCC1NS(=O)(=O)CC(=O)O. The molecule has 1 rings (SSSR count). The summed E-state index contributed by atoms with van der Waals surface area (Å²) >= 11 is 0. The molecule has 0 radical (unpaired) electrons. The molecular weight excluding hydrogens is 220 g/mol. The summed E-state index contributed by atoms with van der Waals surface area (Å²) in [7, 11) is -3.70. The van der Waals surface area contributed by atoms with Crippen LogP contribution in [-0.2, 0) is 14.8 Å². The van der Waals surface area contributed by atoms with Gasteiger partial charge in [0.05, 0.1) is 0 Å². The standard InChI is InChI=1S/C8H16N2O4S/c1-6-7(3-2-4-9-6)10-15(13,14)5-8(11)12/h6-7,9-10H,2-5H2,1H3,(H,11,12). The van der Waals surface area contributed by atoms with Crippen LogP contribution in [0.2, 0.25) is 0 Å². The van der Waals surface area contributed by atoms with Gasteiger partial charge in [-0.2, -0.15) is 0 Å². The van der Waals surface area contributed by atoms with Gasteiger partial charge in [-0.1, -0.05) is 0 Å². The molecule has 0 aromatic carbocycles. The number of carboxylic acid groups (broad SMARTS) is 1. The summed E-state index contributed by atoms with van der Waals surface area (Å²) in [6.07, 6.45) is 1.64. The molecule has 0 spiro atoms. The average molecular weight is 236 g/mol. The molecule has 0 amide bonds. The molecule has 3 N–H and O–H groups in total. The normalized spacial score (nSPS) is 27.5. The fourth-order valence-corrected chi connectivity index (χ4v) is 2.83. The van der Waals surface area contributed by atoms with Crippen molar-refractivity contribution in [3.8, 4) is 0 Å². The number of hydrogen-bond donors (Lipinski definition) is 3. The van der Waals surface area contributed by atoms with Gasteiger partial charge in [-0.3, -0.25) is 4.79 Å². The number of sulfonamides is 1. The molecule has 15 heavy (non-hydrogen) atoms. The van der Waals surface area contributed by atoms with E-state index in [1.165, 1.54) is 0 Å². The molecule has 0 aromatic rings. The van der Waals surface area contributed by atoms with Crippen molar-refractivity contribution < 1.29 is 18.3 Å². The highest BCUT2D eigenvalue weighted by Gasteiger charge is 2.26. The lowest BCUT2D eigenvalue weighted by Gasteiger charge is -2.30. The molecular formula is C8H16N2O4S. The first-order valence-corrected chi connectivity index (χ1v) is 6.51. The molecule has 1 aliphatic heterocycles. The zero-order chi connectivity index (χ0) is 11.5. The number of carbonyl (C=O) groups is 1. The Kier molecular flexibility index (Phi) is 4.06. The second-order valence-corrected chi connectivity index (χ2v) is 5.52. The van der Waals surface area contributed by atoms with Gasteiger partial charge >= 0.3 is 5.97 Å². The van der Waals surface area contributed by atoms with Gasteiger partial charge in [0.15, 0.2) is 5.75 Å². The van der Waals surface area contributed by atoms with Crippen molar-refractivity contribution in [2.75, 3.05) is 12.3 Å². The first kappa shape index (κ1) is 12.4. The molecule has 0 saturated carbocycles. The molecule has 88 valence electrons. The molecule has 1 fully saturated rings. The van der Waals surface area contributed by atoms with Crippen molar-refractivity contribution in [3.05, 3.63) is 0 Å². The van der Waals surface area contributed by atoms with Gasteiger partial charge in [0.1, 0.15) is 0 Å². The summed E-state index contributed by atoms with van der Waals surface area (Å²) < 4.78 is 25.1. The zero-order valence-corrected chi connectivity index (χ0v) is 9.38. The molecule has 0 bridgehead atoms. The van der Waals surface area contributed by atoms with Crippen LogP contribution in [0.4, 0.5) is 0 Å². The van der Waals surface area contributed by atoms with Gasteiger partial charge in [-0.15, -0.1) is 0 Å². The summed E-state index contributed by atoms with van der Waals surface area (Å²) in [6, 6.07) is -0.162. The summed E-state index contributed by atoms with van der Waals surface area (Å²) in [6.45, 7) is 2.76. The molecule has 6 nitrogen and oxygen atoms in total. The van der Waals surface area contributed by atoms with Crippen molar-refractivity contribution in [2.24, 2.45) is 0 Å². The second kappa shape index (κ2) is 4.91. The minimum atomic E-state index is -3.70. The maximum Gasteiger partial charge on any atom is 0.320 e. The highest BCUT2D eigenvalue weighted by atomic mass is 32.2. The minimum absolute atomic E-state index is 0.0438. The van der Waals surface area contributed by atoms with Crippen LogP contribution in [0.3, 0.4) is 0 Å². The van der Waals surface area contributed by atoms with Crippen molar-refractivity contribution >= 4 is 16.0 Å². The van der Waals surface area contributed by atoms with Crippen LogP contribution in [0.1, 0.15) is 19.8 Å². The maximum atomic E-state index is 11.3. The summed E-state index contributed by atoms with van der Waals surface area (Å²) in [4.78, 5) is 10.3. The summed E-state index contributed by atoms with van der Waals surface area (Å²) in [5, 5.41) is 11.5. The first-order valence-electron chi connectivity index (χ1n) is 4.86. The van der Waals surface area contributed by atoms with E-state index in [1.54, 1.807) is 0 Å². The largest absolute Gasteiger partial charge is 0.480 e. The lowest BCUT2D eigenvalue weighted by atomic mass is 10.0. The fourth-order valence-electron chi connectivity index (χ4n) is 1.64. The van der Waals surface area contributed by atoms with E-state index >= 15 is 0 Å². The molecule has 2 atom stereocenters. The van der Waals surface area contributed by atoms with Crippen molar-refractivity contribution in [1.82, 2.24) is 10.0 Å². The van der Waals surface area contributed by atoms with E-state index in [1.807, 2.05) is 6.92 Å². The van der Waals surface area contributed by atoms with Crippen LogP contribution in [0.15, 0.2) is 0 Å². The van der Waals surface area contributed by atoms with Crippen LogP contribution < -0.4 is 10.0 Å². The lowest BCUT2D eigenvalue weighted by molar-refractivity contribution is -0.134. The van der Waals surface area contributed by atoms with E-state index < -0.39 is 21.7 Å². The third kappa shape index (κ3) is 4.15. The van der Waals surface area contributed by atoms with E-state index in [2.05, 4.69) is 10.0 Å². The van der Waals surface area contributed by atoms with Crippen LogP contribution in [-0.4, -0.2) is 43.9 Å². The Morgan fingerprint density at radius 3 is 2.80 bits per heavy atom. The van der Waals surface area contributed by atoms with Gasteiger partial charge < -0.3 is 10.4 Å². The van der Waals surface area contributed by atoms with Crippen LogP contribution in [0.25, 0.3) is 0 Å². The Balaban J connectivity index is 2.55. The third-order valence-electron chi connectivity index (χ3n) is 2.41. The van der Waals surface area contributed by atoms with E-state index in [9.17, 15) is 13.2 Å². The lowest BCUT2D eigenvalue weighted by Crippen LogP contribution is -2.52. The van der Waals surface area contributed by atoms with Crippen LogP contribution >= 0.6 is 0 Å². The highest BCUT2D eigenvalue weighted by Crippen LogP contribution is 2.09. The Morgan fingerprint density at radius 1 is 1.60 bits per heavy atom. The van der Waals surface area contributed by atoms with Gasteiger partial charge in [0.2, 0.25) is 10.0 Å². The van der Waals surface area contributed by atoms with Crippen molar-refractivity contribution in [2.45, 2.75) is 31.8 Å². The highest BCUT2D eigenvalue weighted by molar-refractivity contribution is 7.90. The number of hydrogen-bond acceptors (Lipinski definition) is 4. The summed E-state index contributed by atoms with van der Waals surface area (Å²) in [5.74, 6) is -2.20. The molecule has 1 heterocycles. The Bertz CT molecular complexity index is 328. The van der Waals surface area contributed by atoms with Crippen molar-refractivity contribution in [1.29, 1.82) is 0 Å². The number of aliphatic carboxylic acids is 1. The maximum absolute atomic E-state index is 11.3. The number of nitrogens with one attached hydrogen (secondary N) is 2. The molecule has 0 aliphatic carbocycles. The van der Waals surface area contributed by atoms with E-state index in [0.717, 1.165) is 19.4 Å². The van der Waals surface area contributed by atoms with Crippen LogP contribution in [0, 0.1) is 0 Å². The predicted octanol–water partition coefficient (Wildman–Crippen LogP) is -0.869. The third-order valence-corrected chi connectivity index (χ3v) is 3.70. The topological polar surface area (TPSA) is 95.5 Å². The second-order valence-electron chi connectivity index (χ2n) is 3.76. The predicted molar refractivity (Wildman–Crippen MR) is 55.0 cm³/mol. The quantitative estimate of drug-likeness (QED) is 0.590. The fraction of sp³-hybridized carbons (Fsp3) is 0.875. The Morgan fingerprint density at radius 2 is 2.27 bits per heavy atom. The number of piperidine rings is 1. The van der Waals surface area contributed by atoms with Gasteiger partial charge in [0, 0.05) is 12.1 Å². The molecule has 1 saturated heterocycles.